The first-order valence-electron chi connectivity index (χ1n) is 9.62. The lowest BCUT2D eigenvalue weighted by Gasteiger charge is -2.18. The fourth-order valence-corrected chi connectivity index (χ4v) is 4.20. The van der Waals surface area contributed by atoms with E-state index in [2.05, 4.69) is 50.4 Å². The summed E-state index contributed by atoms with van der Waals surface area (Å²) in [6, 6.07) is 12.7. The maximum atomic E-state index is 5.65. The van der Waals surface area contributed by atoms with Crippen molar-refractivity contribution in [3.8, 4) is 16.9 Å². The van der Waals surface area contributed by atoms with E-state index in [-0.39, 0.29) is 0 Å². The molecule has 1 atom stereocenters. The molecule has 28 heavy (non-hydrogen) atoms. The number of imidazole rings is 1. The molecule has 1 fully saturated rings. The summed E-state index contributed by atoms with van der Waals surface area (Å²) >= 11 is 0. The van der Waals surface area contributed by atoms with E-state index in [4.69, 9.17) is 4.74 Å². The number of likely N-dealkylation sites (tertiary alicyclic amines) is 1. The topological polar surface area (TPSA) is 58.5 Å². The third-order valence-corrected chi connectivity index (χ3v) is 5.61. The number of ether oxygens (including phenoxy) is 1. The molecule has 6 heteroatoms. The average Bonchev–Trinajstić information content (AvgIpc) is 3.48. The summed E-state index contributed by atoms with van der Waals surface area (Å²) in [6.45, 7) is 3.08. The van der Waals surface area contributed by atoms with E-state index in [0.29, 0.717) is 5.92 Å². The third-order valence-electron chi connectivity index (χ3n) is 5.61. The van der Waals surface area contributed by atoms with Crippen LogP contribution >= 0.6 is 0 Å². The normalized spacial score (nSPS) is 17.4. The van der Waals surface area contributed by atoms with Crippen LogP contribution in [0.1, 0.15) is 23.6 Å². The Morgan fingerprint density at radius 1 is 1.14 bits per heavy atom. The first-order valence-corrected chi connectivity index (χ1v) is 9.62. The first-order chi connectivity index (χ1) is 13.8. The number of nitrogens with zero attached hydrogens (tertiary/aromatic N) is 4. The van der Waals surface area contributed by atoms with Crippen molar-refractivity contribution in [3.05, 3.63) is 72.4 Å². The highest BCUT2D eigenvalue weighted by atomic mass is 16.5. The van der Waals surface area contributed by atoms with Gasteiger partial charge >= 0.3 is 0 Å². The van der Waals surface area contributed by atoms with Gasteiger partial charge in [0.15, 0.2) is 0 Å². The van der Waals surface area contributed by atoms with Gasteiger partial charge in [0.1, 0.15) is 11.4 Å². The zero-order valence-electron chi connectivity index (χ0n) is 15.9. The lowest BCUT2D eigenvalue weighted by Crippen LogP contribution is -2.19. The molecule has 0 radical (unpaired) electrons. The van der Waals surface area contributed by atoms with E-state index in [1.807, 2.05) is 35.3 Å². The Morgan fingerprint density at radius 3 is 2.96 bits per heavy atom. The van der Waals surface area contributed by atoms with Gasteiger partial charge < -0.3 is 9.14 Å². The molecule has 0 aliphatic carbocycles. The maximum absolute atomic E-state index is 5.65. The van der Waals surface area contributed by atoms with Crippen LogP contribution in [-0.4, -0.2) is 44.7 Å². The Kier molecular flexibility index (Phi) is 4.33. The fourth-order valence-electron chi connectivity index (χ4n) is 4.20. The van der Waals surface area contributed by atoms with Crippen LogP contribution in [0.25, 0.3) is 16.8 Å². The second-order valence-electron chi connectivity index (χ2n) is 7.35. The highest BCUT2D eigenvalue weighted by molar-refractivity contribution is 5.81. The Hall–Kier alpha value is -3.12. The number of pyridine rings is 1. The van der Waals surface area contributed by atoms with Gasteiger partial charge in [0, 0.05) is 60.6 Å². The molecule has 4 heterocycles. The molecule has 6 nitrogen and oxygen atoms in total. The zero-order chi connectivity index (χ0) is 18.9. The van der Waals surface area contributed by atoms with Gasteiger partial charge in [-0.25, -0.2) is 4.98 Å². The van der Waals surface area contributed by atoms with Crippen molar-refractivity contribution >= 4 is 5.65 Å². The number of fused-ring (bicyclic) bond motifs is 1. The standard InChI is InChI=1S/C22H23N5O/c1-28-21-5-4-16(14-26-11-7-17(15-26)20-6-8-24-25-20)13-19(21)18-3-2-10-27-12-9-23-22(18)27/h2-6,8-10,12-13,17H,7,11,14-15H2,1H3,(H,24,25). The van der Waals surface area contributed by atoms with Gasteiger partial charge in [-0.15, -0.1) is 0 Å². The van der Waals surface area contributed by atoms with Gasteiger partial charge in [0.25, 0.3) is 0 Å². The minimum absolute atomic E-state index is 0.541. The largest absolute Gasteiger partial charge is 0.496 e. The maximum Gasteiger partial charge on any atom is 0.144 e. The van der Waals surface area contributed by atoms with Gasteiger partial charge in [0.05, 0.1) is 7.11 Å². The van der Waals surface area contributed by atoms with Crippen LogP contribution in [0.15, 0.2) is 61.2 Å². The lowest BCUT2D eigenvalue weighted by atomic mass is 10.0. The second kappa shape index (κ2) is 7.13. The van der Waals surface area contributed by atoms with E-state index < -0.39 is 0 Å². The highest BCUT2D eigenvalue weighted by Gasteiger charge is 2.25. The Morgan fingerprint density at radius 2 is 2.11 bits per heavy atom. The lowest BCUT2D eigenvalue weighted by molar-refractivity contribution is 0.326. The van der Waals surface area contributed by atoms with Gasteiger partial charge in [0.2, 0.25) is 0 Å². The smallest absolute Gasteiger partial charge is 0.144 e. The molecule has 142 valence electrons. The molecule has 1 saturated heterocycles. The number of hydrogen-bond donors (Lipinski definition) is 1. The number of methoxy groups -OCH3 is 1. The number of rotatable bonds is 5. The van der Waals surface area contributed by atoms with E-state index in [1.165, 1.54) is 17.7 Å². The van der Waals surface area contributed by atoms with Crippen LogP contribution in [0.4, 0.5) is 0 Å². The molecule has 1 aromatic carbocycles. The van der Waals surface area contributed by atoms with Gasteiger partial charge in [-0.3, -0.25) is 10.00 Å². The molecule has 3 aromatic heterocycles. The molecule has 1 aliphatic rings. The molecular weight excluding hydrogens is 350 g/mol. The Balaban J connectivity index is 1.43. The van der Waals surface area contributed by atoms with Crippen LogP contribution in [0, 0.1) is 0 Å². The third kappa shape index (κ3) is 3.05. The highest BCUT2D eigenvalue weighted by Crippen LogP contribution is 2.34. The molecule has 4 aromatic rings. The van der Waals surface area contributed by atoms with E-state index >= 15 is 0 Å². The van der Waals surface area contributed by atoms with Gasteiger partial charge in [-0.1, -0.05) is 6.07 Å². The summed E-state index contributed by atoms with van der Waals surface area (Å²) < 4.78 is 7.69. The number of benzene rings is 1. The molecule has 0 spiro atoms. The minimum Gasteiger partial charge on any atom is -0.496 e. The van der Waals surface area contributed by atoms with Crippen molar-refractivity contribution in [1.82, 2.24) is 24.5 Å². The average molecular weight is 373 g/mol. The summed E-state index contributed by atoms with van der Waals surface area (Å²) in [5.41, 5.74) is 5.64. The van der Waals surface area contributed by atoms with Gasteiger partial charge in [-0.2, -0.15) is 5.10 Å². The Labute approximate surface area is 163 Å². The predicted molar refractivity (Wildman–Crippen MR) is 108 cm³/mol. The van der Waals surface area contributed by atoms with Crippen LogP contribution < -0.4 is 4.74 Å². The number of aromatic amines is 1. The van der Waals surface area contributed by atoms with E-state index in [1.54, 1.807) is 7.11 Å². The van der Waals surface area contributed by atoms with E-state index in [9.17, 15) is 0 Å². The zero-order valence-corrected chi connectivity index (χ0v) is 15.9. The van der Waals surface area contributed by atoms with Crippen LogP contribution in [-0.2, 0) is 6.54 Å². The molecule has 1 N–H and O–H groups in total. The second-order valence-corrected chi connectivity index (χ2v) is 7.35. The van der Waals surface area contributed by atoms with Crippen molar-refractivity contribution in [3.63, 3.8) is 0 Å². The molecule has 5 rings (SSSR count). The summed E-state index contributed by atoms with van der Waals surface area (Å²) in [5, 5.41) is 7.22. The van der Waals surface area contributed by atoms with Crippen molar-refractivity contribution < 1.29 is 4.74 Å². The van der Waals surface area contributed by atoms with Crippen molar-refractivity contribution in [2.75, 3.05) is 20.2 Å². The van der Waals surface area contributed by atoms with Crippen molar-refractivity contribution in [2.45, 2.75) is 18.9 Å². The SMILES string of the molecule is COc1ccc(CN2CCC(c3ccn[nH]3)C2)cc1-c1cccn2ccnc12. The molecule has 0 amide bonds. The summed E-state index contributed by atoms with van der Waals surface area (Å²) in [5.74, 6) is 1.41. The first kappa shape index (κ1) is 17.0. The molecule has 1 aliphatic heterocycles. The van der Waals surface area contributed by atoms with Crippen LogP contribution in [0.5, 0.6) is 5.75 Å². The summed E-state index contributed by atoms with van der Waals surface area (Å²) in [7, 11) is 1.72. The number of nitrogens with one attached hydrogen (secondary N) is 1. The molecule has 0 saturated carbocycles. The Bertz CT molecular complexity index is 1090. The fraction of sp³-hybridized carbons (Fsp3) is 0.273. The van der Waals surface area contributed by atoms with E-state index in [0.717, 1.165) is 42.2 Å². The number of aromatic nitrogens is 4. The molecule has 0 bridgehead atoms. The van der Waals surface area contributed by atoms with Crippen molar-refractivity contribution in [2.24, 2.45) is 0 Å². The van der Waals surface area contributed by atoms with Crippen LogP contribution in [0.2, 0.25) is 0 Å². The summed E-state index contributed by atoms with van der Waals surface area (Å²) in [4.78, 5) is 7.04. The van der Waals surface area contributed by atoms with Crippen LogP contribution in [0.3, 0.4) is 0 Å². The molecular formula is C22H23N5O. The number of H-pyrrole nitrogens is 1. The summed E-state index contributed by atoms with van der Waals surface area (Å²) in [6.07, 6.45) is 8.81. The quantitative estimate of drug-likeness (QED) is 0.579. The number of hydrogen-bond acceptors (Lipinski definition) is 4. The predicted octanol–water partition coefficient (Wildman–Crippen LogP) is 3.72. The van der Waals surface area contributed by atoms with Crippen molar-refractivity contribution in [1.29, 1.82) is 0 Å². The minimum atomic E-state index is 0.541. The molecule has 1 unspecified atom stereocenters. The monoisotopic (exact) mass is 373 g/mol. The van der Waals surface area contributed by atoms with Gasteiger partial charge in [-0.05, 0) is 48.9 Å².